The number of halogens is 2. The summed E-state index contributed by atoms with van der Waals surface area (Å²) in [7, 11) is 1.58. The normalized spacial score (nSPS) is 19.1. The molecule has 40 heavy (non-hydrogen) atoms. The van der Waals surface area contributed by atoms with Crippen molar-refractivity contribution in [3.63, 3.8) is 0 Å². The lowest BCUT2D eigenvalue weighted by Crippen LogP contribution is -2.38. The number of aromatic nitrogens is 4. The van der Waals surface area contributed by atoms with E-state index in [9.17, 15) is 4.79 Å². The number of aryl methyl sites for hydroxylation is 1. The number of rotatable bonds is 5. The molecule has 1 amide bonds. The van der Waals surface area contributed by atoms with E-state index in [0.29, 0.717) is 42.8 Å². The van der Waals surface area contributed by atoms with Crippen molar-refractivity contribution in [2.45, 2.75) is 52.0 Å². The molecule has 0 spiro atoms. The highest BCUT2D eigenvalue weighted by Crippen LogP contribution is 2.38. The first-order valence-corrected chi connectivity index (χ1v) is 15.6. The SMILES string of the molecule is CCc1c(Cl)cccc1C1Cc2nc(OC)nc(N3CCCn4nc(C(=O)N5CCSCC5)c(Cl)c4C3)c2CO1. The zero-order chi connectivity index (χ0) is 27.8. The standard InChI is InChI=1S/C28H32Cl2N6O3S/c1-3-17-18(6-4-7-20(17)29)23-14-21-19(16-39-23)26(32-28(31-21)38-2)35-8-5-9-36-22(15-35)24(30)25(33-36)27(37)34-10-12-40-13-11-34/h4,6-7,23H,3,5,8-16H2,1-2H3. The second-order valence-electron chi connectivity index (χ2n) is 10.1. The molecule has 0 N–H and O–H groups in total. The van der Waals surface area contributed by atoms with Crippen LogP contribution in [0.5, 0.6) is 6.01 Å². The molecule has 0 aliphatic carbocycles. The van der Waals surface area contributed by atoms with Gasteiger partial charge in [0.25, 0.3) is 5.91 Å². The average molecular weight is 604 g/mol. The van der Waals surface area contributed by atoms with Crippen LogP contribution in [-0.4, -0.2) is 68.8 Å². The third kappa shape index (κ3) is 5.15. The van der Waals surface area contributed by atoms with Crippen molar-refractivity contribution in [1.82, 2.24) is 24.6 Å². The van der Waals surface area contributed by atoms with Crippen LogP contribution < -0.4 is 9.64 Å². The number of benzene rings is 1. The van der Waals surface area contributed by atoms with E-state index in [-0.39, 0.29) is 12.0 Å². The Morgan fingerprint density at radius 2 is 2.00 bits per heavy atom. The number of carbonyl (C=O) groups is 1. The first-order valence-electron chi connectivity index (χ1n) is 13.7. The first-order chi connectivity index (χ1) is 19.5. The molecule has 9 nitrogen and oxygen atoms in total. The van der Waals surface area contributed by atoms with Gasteiger partial charge in [-0.15, -0.1) is 0 Å². The van der Waals surface area contributed by atoms with Gasteiger partial charge in [0.2, 0.25) is 0 Å². The number of methoxy groups -OCH3 is 1. The Hall–Kier alpha value is -2.53. The minimum Gasteiger partial charge on any atom is -0.467 e. The van der Waals surface area contributed by atoms with Gasteiger partial charge in [-0.3, -0.25) is 9.48 Å². The van der Waals surface area contributed by atoms with Gasteiger partial charge in [0, 0.05) is 54.7 Å². The molecular weight excluding hydrogens is 571 g/mol. The average Bonchev–Trinajstić information content (AvgIpc) is 3.15. The summed E-state index contributed by atoms with van der Waals surface area (Å²) in [5.41, 5.74) is 5.21. The molecule has 1 saturated heterocycles. The van der Waals surface area contributed by atoms with Gasteiger partial charge in [-0.2, -0.15) is 26.8 Å². The predicted octanol–water partition coefficient (Wildman–Crippen LogP) is 4.96. The number of fused-ring (bicyclic) bond motifs is 2. The monoisotopic (exact) mass is 602 g/mol. The van der Waals surface area contributed by atoms with E-state index in [4.69, 9.17) is 42.6 Å². The number of thioether (sulfide) groups is 1. The van der Waals surface area contributed by atoms with E-state index in [0.717, 1.165) is 82.9 Å². The summed E-state index contributed by atoms with van der Waals surface area (Å²) in [6.45, 7) is 5.80. The zero-order valence-corrected chi connectivity index (χ0v) is 25.0. The summed E-state index contributed by atoms with van der Waals surface area (Å²) < 4.78 is 13.8. The van der Waals surface area contributed by atoms with Crippen LogP contribution in [0.2, 0.25) is 10.0 Å². The van der Waals surface area contributed by atoms with Crippen molar-refractivity contribution in [3.05, 3.63) is 62.0 Å². The number of carbonyl (C=O) groups excluding carboxylic acids is 1. The van der Waals surface area contributed by atoms with Crippen LogP contribution in [0.25, 0.3) is 0 Å². The Morgan fingerprint density at radius 3 is 2.77 bits per heavy atom. The van der Waals surface area contributed by atoms with E-state index >= 15 is 0 Å². The van der Waals surface area contributed by atoms with Gasteiger partial charge in [0.05, 0.1) is 42.8 Å². The van der Waals surface area contributed by atoms with Crippen LogP contribution in [0.4, 0.5) is 5.82 Å². The molecule has 2 aromatic heterocycles. The fourth-order valence-corrected chi connectivity index (χ4v) is 7.24. The van der Waals surface area contributed by atoms with E-state index in [1.807, 2.05) is 33.5 Å². The third-order valence-electron chi connectivity index (χ3n) is 7.83. The van der Waals surface area contributed by atoms with Gasteiger partial charge in [0.15, 0.2) is 5.69 Å². The molecule has 1 atom stereocenters. The summed E-state index contributed by atoms with van der Waals surface area (Å²) >= 11 is 15.2. The Morgan fingerprint density at radius 1 is 1.18 bits per heavy atom. The van der Waals surface area contributed by atoms with Crippen LogP contribution in [0.15, 0.2) is 18.2 Å². The van der Waals surface area contributed by atoms with Crippen molar-refractivity contribution >= 4 is 46.7 Å². The zero-order valence-electron chi connectivity index (χ0n) is 22.7. The fourth-order valence-electron chi connectivity index (χ4n) is 5.75. The lowest BCUT2D eigenvalue weighted by molar-refractivity contribution is 0.0252. The predicted molar refractivity (Wildman–Crippen MR) is 157 cm³/mol. The van der Waals surface area contributed by atoms with Gasteiger partial charge in [-0.05, 0) is 30.0 Å². The van der Waals surface area contributed by atoms with Crippen LogP contribution in [0.1, 0.15) is 58.0 Å². The van der Waals surface area contributed by atoms with Gasteiger partial charge in [-0.25, -0.2) is 0 Å². The maximum Gasteiger partial charge on any atom is 0.318 e. The maximum absolute atomic E-state index is 13.2. The lowest BCUT2D eigenvalue weighted by atomic mass is 9.94. The van der Waals surface area contributed by atoms with Gasteiger partial charge >= 0.3 is 6.01 Å². The van der Waals surface area contributed by atoms with Crippen molar-refractivity contribution in [2.75, 3.05) is 43.1 Å². The highest BCUT2D eigenvalue weighted by atomic mass is 35.5. The number of amides is 1. The Bertz CT molecular complexity index is 1430. The van der Waals surface area contributed by atoms with Crippen LogP contribution in [-0.2, 0) is 37.3 Å². The highest BCUT2D eigenvalue weighted by Gasteiger charge is 2.33. The van der Waals surface area contributed by atoms with Crippen LogP contribution >= 0.6 is 35.0 Å². The van der Waals surface area contributed by atoms with Crippen molar-refractivity contribution < 1.29 is 14.3 Å². The number of anilines is 1. The number of ether oxygens (including phenoxy) is 2. The molecule has 6 rings (SSSR count). The largest absolute Gasteiger partial charge is 0.467 e. The molecule has 0 radical (unpaired) electrons. The summed E-state index contributed by atoms with van der Waals surface area (Å²) in [5, 5.41) is 5.85. The molecule has 212 valence electrons. The topological polar surface area (TPSA) is 85.6 Å². The Kier molecular flexibility index (Phi) is 8.12. The van der Waals surface area contributed by atoms with E-state index < -0.39 is 0 Å². The van der Waals surface area contributed by atoms with Crippen molar-refractivity contribution in [1.29, 1.82) is 0 Å². The first kappa shape index (κ1) is 27.6. The molecule has 0 saturated carbocycles. The molecule has 1 fully saturated rings. The summed E-state index contributed by atoms with van der Waals surface area (Å²) in [6.07, 6.45) is 2.08. The van der Waals surface area contributed by atoms with E-state index in [1.54, 1.807) is 7.11 Å². The van der Waals surface area contributed by atoms with Crippen LogP contribution in [0, 0.1) is 0 Å². The highest BCUT2D eigenvalue weighted by molar-refractivity contribution is 7.99. The molecule has 3 aliphatic heterocycles. The lowest BCUT2D eigenvalue weighted by Gasteiger charge is -2.31. The summed E-state index contributed by atoms with van der Waals surface area (Å²) in [4.78, 5) is 26.8. The second-order valence-corrected chi connectivity index (χ2v) is 12.1. The third-order valence-corrected chi connectivity index (χ3v) is 9.52. The number of nitrogens with zero attached hydrogens (tertiary/aromatic N) is 6. The molecule has 1 unspecified atom stereocenters. The molecule has 3 aliphatic rings. The Labute approximate surface area is 248 Å². The molecule has 3 aromatic rings. The van der Waals surface area contributed by atoms with Gasteiger partial charge < -0.3 is 19.3 Å². The van der Waals surface area contributed by atoms with Crippen molar-refractivity contribution in [2.24, 2.45) is 0 Å². The maximum atomic E-state index is 13.2. The number of hydrogen-bond acceptors (Lipinski definition) is 8. The quantitative estimate of drug-likeness (QED) is 0.405. The molecular formula is C28H32Cl2N6O3S. The number of hydrogen-bond donors (Lipinski definition) is 0. The molecule has 0 bridgehead atoms. The van der Waals surface area contributed by atoms with E-state index in [1.165, 1.54) is 0 Å². The molecule has 12 heteroatoms. The minimum absolute atomic E-state index is 0.0922. The summed E-state index contributed by atoms with van der Waals surface area (Å²) in [6, 6.07) is 6.29. The summed E-state index contributed by atoms with van der Waals surface area (Å²) in [5.74, 6) is 2.55. The fraction of sp³-hybridized carbons (Fsp3) is 0.500. The second kappa shape index (κ2) is 11.8. The minimum atomic E-state index is -0.157. The Balaban J connectivity index is 1.31. The smallest absolute Gasteiger partial charge is 0.318 e. The van der Waals surface area contributed by atoms with Gasteiger partial charge in [-0.1, -0.05) is 42.3 Å². The molecule has 5 heterocycles. The van der Waals surface area contributed by atoms with E-state index in [2.05, 4.69) is 23.0 Å². The van der Waals surface area contributed by atoms with Gasteiger partial charge in [0.1, 0.15) is 5.82 Å². The van der Waals surface area contributed by atoms with Crippen molar-refractivity contribution in [3.8, 4) is 6.01 Å². The van der Waals surface area contributed by atoms with Crippen LogP contribution in [0.3, 0.4) is 0 Å². The molecule has 1 aromatic carbocycles.